The zero-order chi connectivity index (χ0) is 20.1. The summed E-state index contributed by atoms with van der Waals surface area (Å²) in [6.45, 7) is 5.13. The van der Waals surface area contributed by atoms with Crippen molar-refractivity contribution in [2.75, 3.05) is 18.9 Å². The number of rotatable bonds is 6. The third-order valence-corrected chi connectivity index (χ3v) is 6.72. The highest BCUT2D eigenvalue weighted by Gasteiger charge is 2.25. The van der Waals surface area contributed by atoms with Crippen molar-refractivity contribution in [3.8, 4) is 5.75 Å². The van der Waals surface area contributed by atoms with Gasteiger partial charge in [0, 0.05) is 30.8 Å². The SMILES string of the molecule is CCCS(=O)(=O)N1CCOc2ccc(C(=O)NCc3ccc(C)cc3)cc2C1. The summed E-state index contributed by atoms with van der Waals surface area (Å²) in [6, 6.07) is 13.2. The predicted octanol–water partition coefficient (Wildman–Crippen LogP) is 2.86. The van der Waals surface area contributed by atoms with E-state index in [-0.39, 0.29) is 18.2 Å². The van der Waals surface area contributed by atoms with Gasteiger partial charge in [0.25, 0.3) is 5.91 Å². The Kier molecular flexibility index (Phi) is 6.36. The molecule has 1 heterocycles. The molecule has 0 aliphatic carbocycles. The molecule has 1 amide bonds. The molecule has 3 rings (SSSR count). The van der Waals surface area contributed by atoms with Gasteiger partial charge in [0.15, 0.2) is 0 Å². The Labute approximate surface area is 166 Å². The number of fused-ring (bicyclic) bond motifs is 1. The van der Waals surface area contributed by atoms with Crippen molar-refractivity contribution in [3.05, 3.63) is 64.7 Å². The maximum Gasteiger partial charge on any atom is 0.251 e. The van der Waals surface area contributed by atoms with Gasteiger partial charge in [0.2, 0.25) is 10.0 Å². The molecule has 1 aliphatic heterocycles. The first kappa shape index (κ1) is 20.4. The number of nitrogens with one attached hydrogen (secondary N) is 1. The van der Waals surface area contributed by atoms with Crippen LogP contribution in [0.25, 0.3) is 0 Å². The van der Waals surface area contributed by atoms with Gasteiger partial charge in [0.1, 0.15) is 12.4 Å². The van der Waals surface area contributed by atoms with Crippen LogP contribution < -0.4 is 10.1 Å². The number of benzene rings is 2. The Balaban J connectivity index is 1.73. The molecule has 28 heavy (non-hydrogen) atoms. The van der Waals surface area contributed by atoms with Crippen molar-refractivity contribution in [1.82, 2.24) is 9.62 Å². The van der Waals surface area contributed by atoms with Crippen molar-refractivity contribution in [1.29, 1.82) is 0 Å². The third-order valence-electron chi connectivity index (χ3n) is 4.70. The van der Waals surface area contributed by atoms with E-state index in [0.29, 0.717) is 43.0 Å². The van der Waals surface area contributed by atoms with Crippen LogP contribution in [0, 0.1) is 6.92 Å². The van der Waals surface area contributed by atoms with E-state index in [0.717, 1.165) is 5.56 Å². The summed E-state index contributed by atoms with van der Waals surface area (Å²) in [5, 5.41) is 2.91. The van der Waals surface area contributed by atoms with E-state index in [1.165, 1.54) is 9.87 Å². The summed E-state index contributed by atoms with van der Waals surface area (Å²) < 4.78 is 32.0. The van der Waals surface area contributed by atoms with E-state index >= 15 is 0 Å². The minimum atomic E-state index is -3.33. The lowest BCUT2D eigenvalue weighted by Crippen LogP contribution is -2.34. The minimum Gasteiger partial charge on any atom is -0.492 e. The van der Waals surface area contributed by atoms with Crippen LogP contribution in [0.4, 0.5) is 0 Å². The van der Waals surface area contributed by atoms with Crippen LogP contribution in [0.2, 0.25) is 0 Å². The predicted molar refractivity (Wildman–Crippen MR) is 109 cm³/mol. The van der Waals surface area contributed by atoms with Gasteiger partial charge < -0.3 is 10.1 Å². The first-order chi connectivity index (χ1) is 13.4. The zero-order valence-electron chi connectivity index (χ0n) is 16.3. The minimum absolute atomic E-state index is 0.110. The fourth-order valence-electron chi connectivity index (χ4n) is 3.13. The second kappa shape index (κ2) is 8.75. The summed E-state index contributed by atoms with van der Waals surface area (Å²) in [4.78, 5) is 12.6. The number of hydrogen-bond donors (Lipinski definition) is 1. The van der Waals surface area contributed by atoms with Gasteiger partial charge in [-0.3, -0.25) is 4.79 Å². The number of carbonyl (C=O) groups excluding carboxylic acids is 1. The van der Waals surface area contributed by atoms with Crippen LogP contribution in [0.3, 0.4) is 0 Å². The van der Waals surface area contributed by atoms with E-state index in [2.05, 4.69) is 5.32 Å². The maximum atomic E-state index is 12.6. The Morgan fingerprint density at radius 3 is 2.64 bits per heavy atom. The number of ether oxygens (including phenoxy) is 1. The number of aryl methyl sites for hydroxylation is 1. The number of hydrogen-bond acceptors (Lipinski definition) is 4. The van der Waals surface area contributed by atoms with E-state index in [1.54, 1.807) is 18.2 Å². The van der Waals surface area contributed by atoms with Gasteiger partial charge in [-0.15, -0.1) is 0 Å². The molecule has 0 aromatic heterocycles. The van der Waals surface area contributed by atoms with Crippen LogP contribution in [0.5, 0.6) is 5.75 Å². The highest BCUT2D eigenvalue weighted by molar-refractivity contribution is 7.89. The fourth-order valence-corrected chi connectivity index (χ4v) is 4.59. The highest BCUT2D eigenvalue weighted by Crippen LogP contribution is 2.26. The number of amides is 1. The molecule has 7 heteroatoms. The molecule has 0 atom stereocenters. The number of sulfonamides is 1. The Hall–Kier alpha value is -2.38. The van der Waals surface area contributed by atoms with Crippen molar-refractivity contribution < 1.29 is 17.9 Å². The molecule has 2 aromatic carbocycles. The molecule has 0 saturated carbocycles. The summed E-state index contributed by atoms with van der Waals surface area (Å²) in [6.07, 6.45) is 0.563. The quantitative estimate of drug-likeness (QED) is 0.806. The molecule has 1 N–H and O–H groups in total. The molecule has 0 fully saturated rings. The average molecular weight is 403 g/mol. The van der Waals surface area contributed by atoms with Crippen molar-refractivity contribution in [2.24, 2.45) is 0 Å². The largest absolute Gasteiger partial charge is 0.492 e. The monoisotopic (exact) mass is 402 g/mol. The highest BCUT2D eigenvalue weighted by atomic mass is 32.2. The van der Waals surface area contributed by atoms with E-state index < -0.39 is 10.0 Å². The number of carbonyl (C=O) groups is 1. The summed E-state index contributed by atoms with van der Waals surface area (Å²) >= 11 is 0. The molecule has 1 aliphatic rings. The lowest BCUT2D eigenvalue weighted by atomic mass is 10.1. The van der Waals surface area contributed by atoms with E-state index in [4.69, 9.17) is 4.74 Å². The molecule has 2 aromatic rings. The molecule has 0 radical (unpaired) electrons. The molecular formula is C21H26N2O4S. The van der Waals surface area contributed by atoms with E-state index in [9.17, 15) is 13.2 Å². The zero-order valence-corrected chi connectivity index (χ0v) is 17.1. The van der Waals surface area contributed by atoms with Crippen molar-refractivity contribution in [2.45, 2.75) is 33.4 Å². The summed E-state index contributed by atoms with van der Waals surface area (Å²) in [5.41, 5.74) is 3.39. The lowest BCUT2D eigenvalue weighted by Gasteiger charge is -2.19. The Bertz CT molecular complexity index is 939. The van der Waals surface area contributed by atoms with Gasteiger partial charge in [-0.25, -0.2) is 8.42 Å². The summed E-state index contributed by atoms with van der Waals surface area (Å²) in [5.74, 6) is 0.541. The first-order valence-electron chi connectivity index (χ1n) is 9.46. The second-order valence-corrected chi connectivity index (χ2v) is 9.08. The molecule has 0 unspecified atom stereocenters. The lowest BCUT2D eigenvalue weighted by molar-refractivity contribution is 0.0950. The van der Waals surface area contributed by atoms with Gasteiger partial charge in [-0.1, -0.05) is 36.8 Å². The molecule has 0 spiro atoms. The second-order valence-electron chi connectivity index (χ2n) is 6.99. The van der Waals surface area contributed by atoms with Gasteiger partial charge >= 0.3 is 0 Å². The molecule has 0 bridgehead atoms. The molecule has 150 valence electrons. The van der Waals surface area contributed by atoms with Crippen LogP contribution in [0.15, 0.2) is 42.5 Å². The van der Waals surface area contributed by atoms with Crippen LogP contribution >= 0.6 is 0 Å². The first-order valence-corrected chi connectivity index (χ1v) is 11.1. The third kappa shape index (κ3) is 4.91. The molecule has 6 nitrogen and oxygen atoms in total. The van der Waals surface area contributed by atoms with Gasteiger partial charge in [-0.2, -0.15) is 4.31 Å². The normalized spacial score (nSPS) is 14.6. The van der Waals surface area contributed by atoms with E-state index in [1.807, 2.05) is 38.1 Å². The van der Waals surface area contributed by atoms with Crippen molar-refractivity contribution >= 4 is 15.9 Å². The van der Waals surface area contributed by atoms with Crippen molar-refractivity contribution in [3.63, 3.8) is 0 Å². The average Bonchev–Trinajstić information content (AvgIpc) is 2.89. The Morgan fingerprint density at radius 2 is 1.93 bits per heavy atom. The summed E-state index contributed by atoms with van der Waals surface area (Å²) in [7, 11) is -3.33. The molecule has 0 saturated heterocycles. The topological polar surface area (TPSA) is 75.7 Å². The number of nitrogens with zero attached hydrogens (tertiary/aromatic N) is 1. The van der Waals surface area contributed by atoms with Gasteiger partial charge in [-0.05, 0) is 37.1 Å². The maximum absolute atomic E-state index is 12.6. The van der Waals surface area contributed by atoms with Crippen LogP contribution in [-0.4, -0.2) is 37.5 Å². The smallest absolute Gasteiger partial charge is 0.251 e. The standard InChI is InChI=1S/C21H26N2O4S/c1-3-12-28(25,26)23-10-11-27-20-9-8-18(13-19(20)15-23)21(24)22-14-17-6-4-16(2)5-7-17/h4-9,13H,3,10-12,14-15H2,1-2H3,(H,22,24). The Morgan fingerprint density at radius 1 is 1.18 bits per heavy atom. The molecular weight excluding hydrogens is 376 g/mol. The van der Waals surface area contributed by atoms with Crippen LogP contribution in [0.1, 0.15) is 40.4 Å². The fraction of sp³-hybridized carbons (Fsp3) is 0.381. The van der Waals surface area contributed by atoms with Gasteiger partial charge in [0.05, 0.1) is 5.75 Å². The van der Waals surface area contributed by atoms with Crippen LogP contribution in [-0.2, 0) is 23.1 Å².